The van der Waals surface area contributed by atoms with Crippen molar-refractivity contribution >= 4 is 21.9 Å². The van der Waals surface area contributed by atoms with Crippen LogP contribution in [0.15, 0.2) is 29.4 Å². The quantitative estimate of drug-likeness (QED) is 0.702. The van der Waals surface area contributed by atoms with E-state index in [1.165, 1.54) is 31.6 Å². The number of carboxylic acids is 1. The maximum Gasteiger partial charge on any atom is 0.326 e. The summed E-state index contributed by atoms with van der Waals surface area (Å²) in [5.41, 5.74) is 0. The van der Waals surface area contributed by atoms with Gasteiger partial charge in [0.1, 0.15) is 10.9 Å². The first-order valence-corrected chi connectivity index (χ1v) is 8.47. The molecule has 1 atom stereocenters. The number of sulfonamides is 1. The van der Waals surface area contributed by atoms with Gasteiger partial charge in [-0.15, -0.1) is 0 Å². The number of carbonyl (C=O) groups excluding carboxylic acids is 1. The van der Waals surface area contributed by atoms with Gasteiger partial charge in [-0.1, -0.05) is 13.8 Å². The van der Waals surface area contributed by atoms with E-state index in [0.717, 1.165) is 4.31 Å². The Kier molecular flexibility index (Phi) is 6.64. The second-order valence-electron chi connectivity index (χ2n) is 5.54. The number of rotatable bonds is 8. The second kappa shape index (κ2) is 8.02. The van der Waals surface area contributed by atoms with Crippen LogP contribution < -0.4 is 5.32 Å². The average Bonchev–Trinajstić information content (AvgIpc) is 2.46. The molecule has 0 aromatic carbocycles. The van der Waals surface area contributed by atoms with Gasteiger partial charge in [0.25, 0.3) is 0 Å². The van der Waals surface area contributed by atoms with Crippen molar-refractivity contribution in [2.75, 3.05) is 13.6 Å². The molecule has 0 aliphatic rings. The lowest BCUT2D eigenvalue weighted by molar-refractivity contribution is -0.142. The van der Waals surface area contributed by atoms with Crippen LogP contribution in [0.2, 0.25) is 0 Å². The van der Waals surface area contributed by atoms with Gasteiger partial charge in [-0.3, -0.25) is 9.78 Å². The van der Waals surface area contributed by atoms with Crippen LogP contribution in [0.25, 0.3) is 0 Å². The first-order chi connectivity index (χ1) is 10.6. The van der Waals surface area contributed by atoms with Crippen LogP contribution in [0.3, 0.4) is 0 Å². The lowest BCUT2D eigenvalue weighted by Gasteiger charge is -2.20. The number of carbonyl (C=O) groups is 2. The van der Waals surface area contributed by atoms with Gasteiger partial charge in [-0.2, -0.15) is 4.31 Å². The van der Waals surface area contributed by atoms with E-state index in [-0.39, 0.29) is 17.2 Å². The molecule has 0 saturated carbocycles. The minimum Gasteiger partial charge on any atom is -0.480 e. The molecular formula is C14H21N3O5S. The SMILES string of the molecule is CC(C)C[C@@H](NC(=O)CN(C)S(=O)(=O)c1cccnc1)C(=O)O. The third-order valence-electron chi connectivity index (χ3n) is 3.05. The molecule has 0 saturated heterocycles. The third-order valence-corrected chi connectivity index (χ3v) is 4.84. The van der Waals surface area contributed by atoms with Gasteiger partial charge in [0.15, 0.2) is 0 Å². The van der Waals surface area contributed by atoms with Crippen molar-refractivity contribution in [1.82, 2.24) is 14.6 Å². The van der Waals surface area contributed by atoms with Gasteiger partial charge in [-0.05, 0) is 24.5 Å². The summed E-state index contributed by atoms with van der Waals surface area (Å²) in [5.74, 6) is -1.74. The number of hydrogen-bond donors (Lipinski definition) is 2. The van der Waals surface area contributed by atoms with Crippen molar-refractivity contribution < 1.29 is 23.1 Å². The number of pyridine rings is 1. The molecule has 0 fully saturated rings. The molecule has 0 radical (unpaired) electrons. The number of nitrogens with one attached hydrogen (secondary N) is 1. The van der Waals surface area contributed by atoms with Crippen LogP contribution in [0.5, 0.6) is 0 Å². The highest BCUT2D eigenvalue weighted by Crippen LogP contribution is 2.12. The van der Waals surface area contributed by atoms with Crippen molar-refractivity contribution in [2.45, 2.75) is 31.2 Å². The Morgan fingerprint density at radius 1 is 1.39 bits per heavy atom. The van der Waals surface area contributed by atoms with Crippen molar-refractivity contribution in [3.63, 3.8) is 0 Å². The molecule has 2 N–H and O–H groups in total. The van der Waals surface area contributed by atoms with Crippen LogP contribution in [0.1, 0.15) is 20.3 Å². The topological polar surface area (TPSA) is 117 Å². The van der Waals surface area contributed by atoms with Crippen LogP contribution in [0, 0.1) is 5.92 Å². The Bertz CT molecular complexity index is 646. The number of amides is 1. The summed E-state index contributed by atoms with van der Waals surface area (Å²) < 4.78 is 25.4. The number of aliphatic carboxylic acids is 1. The molecule has 0 aliphatic carbocycles. The number of carboxylic acid groups (broad SMARTS) is 1. The van der Waals surface area contributed by atoms with E-state index >= 15 is 0 Å². The molecule has 0 aliphatic heterocycles. The predicted octanol–water partition coefficient (Wildman–Crippen LogP) is 0.318. The lowest BCUT2D eigenvalue weighted by atomic mass is 10.0. The van der Waals surface area contributed by atoms with Crippen LogP contribution in [0.4, 0.5) is 0 Å². The fraction of sp³-hybridized carbons (Fsp3) is 0.500. The minimum absolute atomic E-state index is 0.0349. The summed E-state index contributed by atoms with van der Waals surface area (Å²) in [6.07, 6.45) is 2.89. The molecular weight excluding hydrogens is 322 g/mol. The number of nitrogens with zero attached hydrogens (tertiary/aromatic N) is 2. The lowest BCUT2D eigenvalue weighted by Crippen LogP contribution is -2.46. The summed E-state index contributed by atoms with van der Waals surface area (Å²) in [5, 5.41) is 11.4. The first kappa shape index (κ1) is 19.0. The highest BCUT2D eigenvalue weighted by molar-refractivity contribution is 7.89. The zero-order chi connectivity index (χ0) is 17.6. The Morgan fingerprint density at radius 3 is 2.52 bits per heavy atom. The smallest absolute Gasteiger partial charge is 0.326 e. The van der Waals surface area contributed by atoms with Crippen molar-refractivity contribution in [3.05, 3.63) is 24.5 Å². The van der Waals surface area contributed by atoms with E-state index in [4.69, 9.17) is 5.11 Å². The number of hydrogen-bond acceptors (Lipinski definition) is 5. The zero-order valence-electron chi connectivity index (χ0n) is 13.3. The van der Waals surface area contributed by atoms with Gasteiger partial charge in [0.2, 0.25) is 15.9 Å². The summed E-state index contributed by atoms with van der Waals surface area (Å²) >= 11 is 0. The van der Waals surface area contributed by atoms with Gasteiger partial charge in [0.05, 0.1) is 6.54 Å². The van der Waals surface area contributed by atoms with Gasteiger partial charge < -0.3 is 10.4 Å². The largest absolute Gasteiger partial charge is 0.480 e. The highest BCUT2D eigenvalue weighted by atomic mass is 32.2. The molecule has 0 unspecified atom stereocenters. The second-order valence-corrected chi connectivity index (χ2v) is 7.58. The third kappa shape index (κ3) is 5.61. The van der Waals surface area contributed by atoms with Crippen LogP contribution >= 0.6 is 0 Å². The van der Waals surface area contributed by atoms with Crippen LogP contribution in [-0.4, -0.2) is 54.3 Å². The molecule has 8 nitrogen and oxygen atoms in total. The molecule has 23 heavy (non-hydrogen) atoms. The number of likely N-dealkylation sites (N-methyl/N-ethyl adjacent to an activating group) is 1. The van der Waals surface area contributed by atoms with Crippen molar-refractivity contribution in [3.8, 4) is 0 Å². The van der Waals surface area contributed by atoms with E-state index in [0.29, 0.717) is 0 Å². The van der Waals surface area contributed by atoms with Gasteiger partial charge in [0, 0.05) is 19.4 Å². The summed E-state index contributed by atoms with van der Waals surface area (Å²) in [7, 11) is -2.60. The predicted molar refractivity (Wildman–Crippen MR) is 83.1 cm³/mol. The first-order valence-electron chi connectivity index (χ1n) is 7.03. The van der Waals surface area contributed by atoms with Gasteiger partial charge in [-0.25, -0.2) is 13.2 Å². The van der Waals surface area contributed by atoms with E-state index < -0.39 is 34.5 Å². The Hall–Kier alpha value is -2.00. The summed E-state index contributed by atoms with van der Waals surface area (Å²) in [6, 6.07) is 1.80. The van der Waals surface area contributed by atoms with E-state index in [2.05, 4.69) is 10.3 Å². The monoisotopic (exact) mass is 343 g/mol. The summed E-state index contributed by atoms with van der Waals surface area (Å²) in [6.45, 7) is 3.20. The van der Waals surface area contributed by atoms with Crippen molar-refractivity contribution in [1.29, 1.82) is 0 Å². The molecule has 1 rings (SSSR count). The molecule has 0 spiro atoms. The Labute approximate surface area is 135 Å². The molecule has 1 amide bonds. The molecule has 9 heteroatoms. The Morgan fingerprint density at radius 2 is 2.04 bits per heavy atom. The fourth-order valence-corrected chi connectivity index (χ4v) is 2.99. The van der Waals surface area contributed by atoms with E-state index in [1.807, 2.05) is 13.8 Å². The molecule has 1 aromatic heterocycles. The highest BCUT2D eigenvalue weighted by Gasteiger charge is 2.26. The van der Waals surface area contributed by atoms with E-state index in [9.17, 15) is 18.0 Å². The minimum atomic E-state index is -3.85. The van der Waals surface area contributed by atoms with Crippen molar-refractivity contribution in [2.24, 2.45) is 5.92 Å². The summed E-state index contributed by atoms with van der Waals surface area (Å²) in [4.78, 5) is 26.7. The number of aromatic nitrogens is 1. The molecule has 128 valence electrons. The molecule has 1 heterocycles. The normalized spacial score (nSPS) is 13.1. The Balaban J connectivity index is 2.74. The maximum atomic E-state index is 12.3. The zero-order valence-corrected chi connectivity index (χ0v) is 14.1. The van der Waals surface area contributed by atoms with Crippen LogP contribution in [-0.2, 0) is 19.6 Å². The average molecular weight is 343 g/mol. The standard InChI is InChI=1S/C14H21N3O5S/c1-10(2)7-12(14(19)20)16-13(18)9-17(3)23(21,22)11-5-4-6-15-8-11/h4-6,8,10,12H,7,9H2,1-3H3,(H,16,18)(H,19,20)/t12-/m1/s1. The van der Waals surface area contributed by atoms with Gasteiger partial charge >= 0.3 is 5.97 Å². The molecule has 1 aromatic rings. The molecule has 0 bridgehead atoms. The maximum absolute atomic E-state index is 12.3. The van der Waals surface area contributed by atoms with E-state index in [1.54, 1.807) is 0 Å². The fourth-order valence-electron chi connectivity index (χ4n) is 1.90.